The van der Waals surface area contributed by atoms with Crippen LogP contribution in [0, 0.1) is 31.1 Å². The van der Waals surface area contributed by atoms with Crippen LogP contribution in [-0.2, 0) is 0 Å². The number of nitrogens with zero attached hydrogens (tertiary/aromatic N) is 3. The van der Waals surface area contributed by atoms with Gasteiger partial charge in [-0.05, 0) is 50.8 Å². The number of aromatic nitrogens is 1. The summed E-state index contributed by atoms with van der Waals surface area (Å²) in [6.07, 6.45) is 4.81. The fraction of sp³-hybridized carbons (Fsp3) is 0.625. The van der Waals surface area contributed by atoms with Gasteiger partial charge in [0, 0.05) is 18.8 Å². The van der Waals surface area contributed by atoms with Crippen molar-refractivity contribution < 1.29 is 0 Å². The number of rotatable bonds is 3. The molecule has 0 spiro atoms. The van der Waals surface area contributed by atoms with Gasteiger partial charge < -0.3 is 10.6 Å². The van der Waals surface area contributed by atoms with Gasteiger partial charge in [-0.25, -0.2) is 4.98 Å². The molecule has 1 aromatic rings. The Balaban J connectivity index is 2.37. The molecule has 0 radical (unpaired) electrons. The van der Waals surface area contributed by atoms with Gasteiger partial charge in [-0.15, -0.1) is 0 Å². The van der Waals surface area contributed by atoms with E-state index < -0.39 is 0 Å². The molecule has 20 heavy (non-hydrogen) atoms. The topological polar surface area (TPSA) is 65.9 Å². The van der Waals surface area contributed by atoms with Gasteiger partial charge >= 0.3 is 0 Å². The second kappa shape index (κ2) is 6.23. The molecule has 0 aliphatic heterocycles. The predicted octanol–water partition coefficient (Wildman–Crippen LogP) is 2.52. The quantitative estimate of drug-likeness (QED) is 0.918. The largest absolute Gasteiger partial charge is 0.355 e. The minimum absolute atomic E-state index is 0.398. The predicted molar refractivity (Wildman–Crippen MR) is 81.6 cm³/mol. The Morgan fingerprint density at radius 3 is 2.75 bits per heavy atom. The van der Waals surface area contributed by atoms with Crippen LogP contribution in [0.25, 0.3) is 0 Å². The van der Waals surface area contributed by atoms with Gasteiger partial charge in [0.1, 0.15) is 11.9 Å². The molecule has 4 heteroatoms. The first-order valence-electron chi connectivity index (χ1n) is 7.39. The molecule has 2 unspecified atom stereocenters. The Bertz CT molecular complexity index is 518. The maximum absolute atomic E-state index is 9.42. The van der Waals surface area contributed by atoms with Crippen LogP contribution < -0.4 is 10.6 Å². The zero-order chi connectivity index (χ0) is 14.7. The van der Waals surface area contributed by atoms with E-state index in [-0.39, 0.29) is 0 Å². The van der Waals surface area contributed by atoms with E-state index in [4.69, 9.17) is 5.73 Å². The molecule has 2 N–H and O–H groups in total. The average Bonchev–Trinajstić information content (AvgIpc) is 2.45. The first kappa shape index (κ1) is 14.8. The van der Waals surface area contributed by atoms with E-state index >= 15 is 0 Å². The molecule has 108 valence electrons. The Morgan fingerprint density at radius 1 is 1.40 bits per heavy atom. The SMILES string of the molecule is Cc1cc(C)c(C#N)c(N(C)C2CCCCC2CN)n1. The molecule has 2 atom stereocenters. The van der Waals surface area contributed by atoms with Crippen molar-refractivity contribution >= 4 is 5.82 Å². The standard InChI is InChI=1S/C16H24N4/c1-11-8-12(2)19-16(14(11)10-18)20(3)15-7-5-4-6-13(15)9-17/h8,13,15H,4-7,9,17H2,1-3H3. The van der Waals surface area contributed by atoms with E-state index in [1.165, 1.54) is 19.3 Å². The molecule has 1 heterocycles. The van der Waals surface area contributed by atoms with Crippen LogP contribution in [0.15, 0.2) is 6.07 Å². The third-order valence-corrected chi connectivity index (χ3v) is 4.44. The van der Waals surface area contributed by atoms with Gasteiger partial charge in [0.15, 0.2) is 0 Å². The fourth-order valence-electron chi connectivity index (χ4n) is 3.34. The van der Waals surface area contributed by atoms with Crippen molar-refractivity contribution in [2.45, 2.75) is 45.6 Å². The molecule has 0 bridgehead atoms. The number of nitriles is 1. The average molecular weight is 272 g/mol. The summed E-state index contributed by atoms with van der Waals surface area (Å²) in [6, 6.07) is 4.68. The van der Waals surface area contributed by atoms with Crippen molar-refractivity contribution in [3.63, 3.8) is 0 Å². The number of hydrogen-bond acceptors (Lipinski definition) is 4. The lowest BCUT2D eigenvalue weighted by atomic mass is 9.83. The number of pyridine rings is 1. The van der Waals surface area contributed by atoms with Crippen molar-refractivity contribution in [2.24, 2.45) is 11.7 Å². The highest BCUT2D eigenvalue weighted by molar-refractivity contribution is 5.58. The van der Waals surface area contributed by atoms with Gasteiger partial charge in [0.2, 0.25) is 0 Å². The van der Waals surface area contributed by atoms with Gasteiger partial charge in [-0.3, -0.25) is 0 Å². The van der Waals surface area contributed by atoms with Crippen LogP contribution in [0.4, 0.5) is 5.82 Å². The molecule has 2 rings (SSSR count). The summed E-state index contributed by atoms with van der Waals surface area (Å²) < 4.78 is 0. The Labute approximate surface area is 121 Å². The highest BCUT2D eigenvalue weighted by Gasteiger charge is 2.29. The summed E-state index contributed by atoms with van der Waals surface area (Å²) in [6.45, 7) is 4.67. The summed E-state index contributed by atoms with van der Waals surface area (Å²) in [5.41, 5.74) is 8.59. The Hall–Kier alpha value is -1.60. The van der Waals surface area contributed by atoms with Crippen LogP contribution in [0.3, 0.4) is 0 Å². The first-order valence-corrected chi connectivity index (χ1v) is 7.39. The summed E-state index contributed by atoms with van der Waals surface area (Å²) >= 11 is 0. The molecule has 0 aromatic carbocycles. The van der Waals surface area contributed by atoms with Crippen molar-refractivity contribution in [1.82, 2.24) is 4.98 Å². The monoisotopic (exact) mass is 272 g/mol. The van der Waals surface area contributed by atoms with Crippen LogP contribution >= 0.6 is 0 Å². The molecular formula is C16H24N4. The molecule has 4 nitrogen and oxygen atoms in total. The second-order valence-electron chi connectivity index (χ2n) is 5.85. The van der Waals surface area contributed by atoms with Crippen LogP contribution in [0.5, 0.6) is 0 Å². The number of hydrogen-bond donors (Lipinski definition) is 1. The number of anilines is 1. The third kappa shape index (κ3) is 2.78. The lowest BCUT2D eigenvalue weighted by Crippen LogP contribution is -2.44. The molecule has 1 aromatic heterocycles. The fourth-order valence-corrected chi connectivity index (χ4v) is 3.34. The van der Waals surface area contributed by atoms with Crippen LogP contribution in [0.1, 0.15) is 42.5 Å². The highest BCUT2D eigenvalue weighted by atomic mass is 15.2. The van der Waals surface area contributed by atoms with E-state index in [0.717, 1.165) is 23.5 Å². The smallest absolute Gasteiger partial charge is 0.147 e. The van der Waals surface area contributed by atoms with Crippen molar-refractivity contribution in [1.29, 1.82) is 5.26 Å². The Kier molecular flexibility index (Phi) is 4.61. The first-order chi connectivity index (χ1) is 9.58. The van der Waals surface area contributed by atoms with Crippen molar-refractivity contribution in [3.05, 3.63) is 22.9 Å². The molecular weight excluding hydrogens is 248 g/mol. The van der Waals surface area contributed by atoms with Gasteiger partial charge in [-0.2, -0.15) is 5.26 Å². The molecule has 1 fully saturated rings. The second-order valence-corrected chi connectivity index (χ2v) is 5.85. The van der Waals surface area contributed by atoms with Gasteiger partial charge in [-0.1, -0.05) is 12.8 Å². The minimum atomic E-state index is 0.398. The summed E-state index contributed by atoms with van der Waals surface area (Å²) in [4.78, 5) is 6.80. The zero-order valence-electron chi connectivity index (χ0n) is 12.7. The van der Waals surface area contributed by atoms with Crippen molar-refractivity contribution in [3.8, 4) is 6.07 Å². The molecule has 0 amide bonds. The third-order valence-electron chi connectivity index (χ3n) is 4.44. The lowest BCUT2D eigenvalue weighted by Gasteiger charge is -2.38. The zero-order valence-corrected chi connectivity index (χ0v) is 12.7. The van der Waals surface area contributed by atoms with Crippen LogP contribution in [0.2, 0.25) is 0 Å². The number of aryl methyl sites for hydroxylation is 2. The number of nitrogens with two attached hydrogens (primary N) is 1. The minimum Gasteiger partial charge on any atom is -0.355 e. The van der Waals surface area contributed by atoms with E-state index in [0.29, 0.717) is 24.1 Å². The molecule has 0 saturated heterocycles. The Morgan fingerprint density at radius 2 is 2.10 bits per heavy atom. The maximum atomic E-state index is 9.42. The van der Waals surface area contributed by atoms with E-state index in [9.17, 15) is 5.26 Å². The summed E-state index contributed by atoms with van der Waals surface area (Å²) in [5, 5.41) is 9.42. The summed E-state index contributed by atoms with van der Waals surface area (Å²) in [7, 11) is 2.06. The molecule has 1 aliphatic carbocycles. The van der Waals surface area contributed by atoms with E-state index in [2.05, 4.69) is 23.0 Å². The lowest BCUT2D eigenvalue weighted by molar-refractivity contribution is 0.305. The normalized spacial score (nSPS) is 22.4. The molecule has 1 saturated carbocycles. The van der Waals surface area contributed by atoms with E-state index in [1.54, 1.807) is 0 Å². The molecule has 1 aliphatic rings. The highest BCUT2D eigenvalue weighted by Crippen LogP contribution is 2.31. The van der Waals surface area contributed by atoms with E-state index in [1.807, 2.05) is 19.9 Å². The maximum Gasteiger partial charge on any atom is 0.147 e. The van der Waals surface area contributed by atoms with Crippen molar-refractivity contribution in [2.75, 3.05) is 18.5 Å². The van der Waals surface area contributed by atoms with Gasteiger partial charge in [0.25, 0.3) is 0 Å². The van der Waals surface area contributed by atoms with Crippen LogP contribution in [-0.4, -0.2) is 24.6 Å². The van der Waals surface area contributed by atoms with Gasteiger partial charge in [0.05, 0.1) is 5.56 Å². The summed E-state index contributed by atoms with van der Waals surface area (Å²) in [5.74, 6) is 1.32.